The molecule has 0 spiro atoms. The zero-order valence-electron chi connectivity index (χ0n) is 8.69. The van der Waals surface area contributed by atoms with Crippen LogP contribution in [0, 0.1) is 12.3 Å². The molecule has 4 N–H and O–H groups in total. The Bertz CT molecular complexity index is 132. The predicted molar refractivity (Wildman–Crippen MR) is 53.5 cm³/mol. The molecule has 0 aromatic rings. The summed E-state index contributed by atoms with van der Waals surface area (Å²) in [5.74, 6) is -0.0784. The van der Waals surface area contributed by atoms with Gasteiger partial charge in [0.15, 0.2) is 0 Å². The van der Waals surface area contributed by atoms with Crippen LogP contribution in [0.2, 0.25) is 0 Å². The van der Waals surface area contributed by atoms with Gasteiger partial charge < -0.3 is 20.4 Å². The molecule has 0 bridgehead atoms. The van der Waals surface area contributed by atoms with Crippen molar-refractivity contribution >= 4 is 0 Å². The van der Waals surface area contributed by atoms with Crippen molar-refractivity contribution in [2.75, 3.05) is 19.8 Å². The average molecular weight is 205 g/mol. The average Bonchev–Trinajstić information content (AvgIpc) is 2.18. The van der Waals surface area contributed by atoms with Crippen molar-refractivity contribution < 1.29 is 20.4 Å². The van der Waals surface area contributed by atoms with Crippen molar-refractivity contribution in [1.29, 1.82) is 0 Å². The van der Waals surface area contributed by atoms with Crippen LogP contribution in [0.1, 0.15) is 26.2 Å². The van der Waals surface area contributed by atoms with Gasteiger partial charge in [0.25, 0.3) is 0 Å². The van der Waals surface area contributed by atoms with Crippen LogP contribution in [0.15, 0.2) is 0 Å². The van der Waals surface area contributed by atoms with Crippen molar-refractivity contribution in [2.24, 2.45) is 5.92 Å². The first-order valence-electron chi connectivity index (χ1n) is 4.92. The van der Waals surface area contributed by atoms with E-state index in [2.05, 4.69) is 0 Å². The number of aliphatic hydroxyl groups excluding tert-OH is 3. The first-order chi connectivity index (χ1) is 6.55. The smallest absolute Gasteiger partial charge is 0.0852 e. The van der Waals surface area contributed by atoms with Crippen LogP contribution in [0.4, 0.5) is 0 Å². The highest BCUT2D eigenvalue weighted by atomic mass is 16.3. The van der Waals surface area contributed by atoms with Crippen LogP contribution in [-0.2, 0) is 0 Å². The maximum atomic E-state index is 9.42. The lowest BCUT2D eigenvalue weighted by Gasteiger charge is -2.20. The fourth-order valence-electron chi connectivity index (χ4n) is 1.07. The van der Waals surface area contributed by atoms with Gasteiger partial charge in [-0.05, 0) is 32.6 Å². The Balaban J connectivity index is 3.45. The molecular weight excluding hydrogens is 184 g/mol. The Morgan fingerprint density at radius 1 is 1.21 bits per heavy atom. The summed E-state index contributed by atoms with van der Waals surface area (Å²) in [6, 6.07) is 0. The van der Waals surface area contributed by atoms with Gasteiger partial charge in [-0.25, -0.2) is 0 Å². The second-order valence-electron chi connectivity index (χ2n) is 3.96. The van der Waals surface area contributed by atoms with E-state index in [0.717, 1.165) is 6.42 Å². The van der Waals surface area contributed by atoms with E-state index in [0.29, 0.717) is 12.8 Å². The molecular formula is C10H21O4. The van der Waals surface area contributed by atoms with Gasteiger partial charge in [0.05, 0.1) is 12.2 Å². The fraction of sp³-hybridized carbons (Fsp3) is 0.900. The third kappa shape index (κ3) is 6.32. The molecule has 4 nitrogen and oxygen atoms in total. The van der Waals surface area contributed by atoms with E-state index in [4.69, 9.17) is 15.3 Å². The fourth-order valence-corrected chi connectivity index (χ4v) is 1.07. The predicted octanol–water partition coefficient (Wildman–Crippen LogP) is -0.295. The zero-order chi connectivity index (χ0) is 11.0. The van der Waals surface area contributed by atoms with Gasteiger partial charge in [-0.3, -0.25) is 0 Å². The summed E-state index contributed by atoms with van der Waals surface area (Å²) < 4.78 is 0. The van der Waals surface area contributed by atoms with Gasteiger partial charge in [0.1, 0.15) is 0 Å². The SMILES string of the molecule is CC(O)(CO)C[CH]CCC(CO)CO. The first-order valence-corrected chi connectivity index (χ1v) is 4.92. The number of aliphatic hydroxyl groups is 4. The Morgan fingerprint density at radius 2 is 1.79 bits per heavy atom. The largest absolute Gasteiger partial charge is 0.396 e. The minimum Gasteiger partial charge on any atom is -0.396 e. The van der Waals surface area contributed by atoms with E-state index in [-0.39, 0.29) is 25.7 Å². The van der Waals surface area contributed by atoms with Crippen LogP contribution in [0.25, 0.3) is 0 Å². The monoisotopic (exact) mass is 205 g/mol. The van der Waals surface area contributed by atoms with Crippen LogP contribution >= 0.6 is 0 Å². The van der Waals surface area contributed by atoms with Crippen molar-refractivity contribution in [1.82, 2.24) is 0 Å². The lowest BCUT2D eigenvalue weighted by molar-refractivity contribution is 0.000724. The highest BCUT2D eigenvalue weighted by Crippen LogP contribution is 2.14. The van der Waals surface area contributed by atoms with E-state index in [9.17, 15) is 5.11 Å². The summed E-state index contributed by atoms with van der Waals surface area (Å²) in [6.45, 7) is 1.29. The Labute approximate surface area is 85.2 Å². The Hall–Kier alpha value is -0.160. The van der Waals surface area contributed by atoms with Crippen molar-refractivity contribution in [3.8, 4) is 0 Å². The number of hydrogen-bond acceptors (Lipinski definition) is 4. The van der Waals surface area contributed by atoms with E-state index in [1.807, 2.05) is 6.42 Å². The van der Waals surface area contributed by atoms with Gasteiger partial charge in [-0.2, -0.15) is 0 Å². The van der Waals surface area contributed by atoms with Gasteiger partial charge in [0, 0.05) is 19.1 Å². The molecule has 0 amide bonds. The highest BCUT2D eigenvalue weighted by Gasteiger charge is 2.18. The van der Waals surface area contributed by atoms with Gasteiger partial charge in [-0.1, -0.05) is 0 Å². The zero-order valence-corrected chi connectivity index (χ0v) is 8.69. The van der Waals surface area contributed by atoms with Crippen molar-refractivity contribution in [3.05, 3.63) is 6.42 Å². The molecule has 0 aromatic heterocycles. The topological polar surface area (TPSA) is 80.9 Å². The van der Waals surface area contributed by atoms with Crippen molar-refractivity contribution in [3.63, 3.8) is 0 Å². The molecule has 85 valence electrons. The minimum absolute atomic E-state index is 0.0132. The molecule has 0 aliphatic carbocycles. The third-order valence-electron chi connectivity index (χ3n) is 2.22. The molecule has 0 heterocycles. The molecule has 4 heteroatoms. The lowest BCUT2D eigenvalue weighted by Crippen LogP contribution is -2.28. The van der Waals surface area contributed by atoms with Crippen LogP contribution in [-0.4, -0.2) is 45.8 Å². The van der Waals surface area contributed by atoms with Crippen LogP contribution in [0.5, 0.6) is 0 Å². The molecule has 1 unspecified atom stereocenters. The summed E-state index contributed by atoms with van der Waals surface area (Å²) in [5.41, 5.74) is -1.05. The maximum absolute atomic E-state index is 9.42. The molecule has 0 aliphatic rings. The maximum Gasteiger partial charge on any atom is 0.0852 e. The standard InChI is InChI=1S/C10H21O4/c1-10(14,8-13)5-3-2-4-9(6-11)7-12/h3,9,11-14H,2,4-8H2,1H3. The van der Waals surface area contributed by atoms with Crippen molar-refractivity contribution in [2.45, 2.75) is 31.8 Å². The Morgan fingerprint density at radius 3 is 2.21 bits per heavy atom. The second-order valence-corrected chi connectivity index (χ2v) is 3.96. The third-order valence-corrected chi connectivity index (χ3v) is 2.22. The summed E-state index contributed by atoms with van der Waals surface area (Å²) in [4.78, 5) is 0. The van der Waals surface area contributed by atoms with E-state index >= 15 is 0 Å². The number of unbranched alkanes of at least 4 members (excludes halogenated alkanes) is 1. The number of hydrogen-bond donors (Lipinski definition) is 4. The number of rotatable bonds is 8. The molecule has 14 heavy (non-hydrogen) atoms. The highest BCUT2D eigenvalue weighted by molar-refractivity contribution is 4.80. The summed E-state index contributed by atoms with van der Waals surface area (Å²) in [6.07, 6.45) is 3.72. The van der Waals surface area contributed by atoms with Gasteiger partial charge in [0.2, 0.25) is 0 Å². The molecule has 0 aliphatic heterocycles. The van der Waals surface area contributed by atoms with Crippen LogP contribution in [0.3, 0.4) is 0 Å². The molecule has 0 rings (SSSR count). The summed E-state index contributed by atoms with van der Waals surface area (Å²) in [7, 11) is 0. The molecule has 1 atom stereocenters. The minimum atomic E-state index is -1.05. The lowest BCUT2D eigenvalue weighted by atomic mass is 9.96. The molecule has 1 radical (unpaired) electrons. The van der Waals surface area contributed by atoms with E-state index in [1.54, 1.807) is 6.92 Å². The quantitative estimate of drug-likeness (QED) is 0.410. The van der Waals surface area contributed by atoms with E-state index < -0.39 is 5.60 Å². The summed E-state index contributed by atoms with van der Waals surface area (Å²) >= 11 is 0. The second kappa shape index (κ2) is 7.17. The van der Waals surface area contributed by atoms with E-state index in [1.165, 1.54) is 0 Å². The Kier molecular flexibility index (Phi) is 7.09. The molecule has 0 aromatic carbocycles. The molecule has 0 saturated heterocycles. The summed E-state index contributed by atoms with van der Waals surface area (Å²) in [5, 5.41) is 35.7. The normalized spacial score (nSPS) is 15.9. The molecule has 0 fully saturated rings. The van der Waals surface area contributed by atoms with Gasteiger partial charge in [-0.15, -0.1) is 0 Å². The van der Waals surface area contributed by atoms with Crippen LogP contribution < -0.4 is 0 Å². The molecule has 0 saturated carbocycles. The van der Waals surface area contributed by atoms with Gasteiger partial charge >= 0.3 is 0 Å². The first kappa shape index (κ1) is 13.8.